The largest absolute Gasteiger partial charge is 0.480 e. The van der Waals surface area contributed by atoms with Gasteiger partial charge in [0, 0.05) is 0 Å². The van der Waals surface area contributed by atoms with Crippen LogP contribution >= 0.6 is 24.0 Å². The lowest BCUT2D eigenvalue weighted by Crippen LogP contribution is -2.29. The summed E-state index contributed by atoms with van der Waals surface area (Å²) in [5, 5.41) is 11.2. The van der Waals surface area contributed by atoms with E-state index in [4.69, 9.17) is 5.11 Å². The molecule has 0 bridgehead atoms. The van der Waals surface area contributed by atoms with Crippen LogP contribution in [0.5, 0.6) is 0 Å². The molecule has 2 N–H and O–H groups in total. The number of carboxylic acids is 1. The molecule has 3 nitrogen and oxygen atoms in total. The van der Waals surface area contributed by atoms with Crippen LogP contribution in [0.1, 0.15) is 12.8 Å². The van der Waals surface area contributed by atoms with Crippen LogP contribution in [-0.4, -0.2) is 23.7 Å². The molecule has 0 aromatic heterocycles. The Bertz CT molecular complexity index is 101. The molecule has 1 aliphatic rings. The third-order valence-corrected chi connectivity index (χ3v) is 1.36. The van der Waals surface area contributed by atoms with Gasteiger partial charge in [0.1, 0.15) is 6.04 Å². The summed E-state index contributed by atoms with van der Waals surface area (Å²) in [6.45, 7) is 0.858. The quantitative estimate of drug-likeness (QED) is 0.657. The summed E-state index contributed by atoms with van der Waals surface area (Å²) >= 11 is 0. The minimum atomic E-state index is -0.720. The monoisotopic (exact) mass is 243 g/mol. The molecule has 1 fully saturated rings. The van der Waals surface area contributed by atoms with Crippen molar-refractivity contribution in [2.45, 2.75) is 18.9 Å². The minimum absolute atomic E-state index is 0. The summed E-state index contributed by atoms with van der Waals surface area (Å²) in [6.07, 6.45) is 1.78. The van der Waals surface area contributed by atoms with Crippen LogP contribution in [0.4, 0.5) is 0 Å². The highest BCUT2D eigenvalue weighted by atomic mass is 127. The summed E-state index contributed by atoms with van der Waals surface area (Å²) in [5.41, 5.74) is 0. The summed E-state index contributed by atoms with van der Waals surface area (Å²) < 4.78 is 0. The molecular weight excluding hydrogens is 233 g/mol. The fourth-order valence-corrected chi connectivity index (χ4v) is 0.895. The standard InChI is InChI=1S/C5H9NO2.HI/c7-5(8)4-2-1-3-6-4;/h4,6H,1-3H2,(H,7,8);1H/t4-;/m0./s1. The Morgan fingerprint density at radius 1 is 1.67 bits per heavy atom. The van der Waals surface area contributed by atoms with Crippen LogP contribution in [0, 0.1) is 0 Å². The first-order chi connectivity index (χ1) is 3.80. The molecule has 9 heavy (non-hydrogen) atoms. The molecule has 1 saturated heterocycles. The summed E-state index contributed by atoms with van der Waals surface area (Å²) in [4.78, 5) is 10.1. The average Bonchev–Trinajstić information content (AvgIpc) is 2.12. The second-order valence-corrected chi connectivity index (χ2v) is 1.99. The molecule has 1 aliphatic heterocycles. The molecule has 0 aromatic carbocycles. The van der Waals surface area contributed by atoms with E-state index in [1.807, 2.05) is 0 Å². The van der Waals surface area contributed by atoms with E-state index < -0.39 is 5.97 Å². The van der Waals surface area contributed by atoms with E-state index in [1.165, 1.54) is 0 Å². The topological polar surface area (TPSA) is 49.3 Å². The highest BCUT2D eigenvalue weighted by molar-refractivity contribution is 14.0. The van der Waals surface area contributed by atoms with E-state index in [1.54, 1.807) is 0 Å². The summed E-state index contributed by atoms with van der Waals surface area (Å²) in [6, 6.07) is -0.269. The van der Waals surface area contributed by atoms with Crippen LogP contribution < -0.4 is 5.32 Å². The third kappa shape index (κ3) is 2.49. The van der Waals surface area contributed by atoms with Gasteiger partial charge in [0.25, 0.3) is 0 Å². The number of carbonyl (C=O) groups is 1. The Morgan fingerprint density at radius 2 is 2.33 bits per heavy atom. The number of hydrogen-bond acceptors (Lipinski definition) is 2. The zero-order valence-electron chi connectivity index (χ0n) is 4.96. The molecule has 0 amide bonds. The molecule has 54 valence electrons. The normalized spacial score (nSPS) is 25.1. The van der Waals surface area contributed by atoms with Crippen LogP contribution in [0.2, 0.25) is 0 Å². The van der Waals surface area contributed by atoms with Gasteiger partial charge in [0.15, 0.2) is 0 Å². The van der Waals surface area contributed by atoms with Gasteiger partial charge in [-0.15, -0.1) is 24.0 Å². The van der Waals surface area contributed by atoms with Crippen LogP contribution in [0.15, 0.2) is 0 Å². The molecule has 1 rings (SSSR count). The number of aliphatic carboxylic acids is 1. The lowest BCUT2D eigenvalue weighted by atomic mass is 10.2. The molecular formula is C5H10INO2. The van der Waals surface area contributed by atoms with E-state index in [2.05, 4.69) is 5.32 Å². The molecule has 1 heterocycles. The summed E-state index contributed by atoms with van der Waals surface area (Å²) in [5.74, 6) is -0.720. The second kappa shape index (κ2) is 4.05. The predicted octanol–water partition coefficient (Wildman–Crippen LogP) is 0.441. The second-order valence-electron chi connectivity index (χ2n) is 1.99. The average molecular weight is 243 g/mol. The van der Waals surface area contributed by atoms with E-state index in [0.717, 1.165) is 19.4 Å². The van der Waals surface area contributed by atoms with Crippen molar-refractivity contribution in [3.05, 3.63) is 0 Å². The van der Waals surface area contributed by atoms with Crippen LogP contribution in [0.25, 0.3) is 0 Å². The van der Waals surface area contributed by atoms with E-state index in [9.17, 15) is 4.79 Å². The maximum atomic E-state index is 10.1. The van der Waals surface area contributed by atoms with Gasteiger partial charge >= 0.3 is 5.97 Å². The van der Waals surface area contributed by atoms with Crippen molar-refractivity contribution in [1.82, 2.24) is 5.32 Å². The number of hydrogen-bond donors (Lipinski definition) is 2. The zero-order valence-corrected chi connectivity index (χ0v) is 7.29. The molecule has 0 unspecified atom stereocenters. The number of carboxylic acid groups (broad SMARTS) is 1. The fourth-order valence-electron chi connectivity index (χ4n) is 0.895. The molecule has 0 spiro atoms. The Hall–Kier alpha value is 0.160. The van der Waals surface area contributed by atoms with E-state index in [0.29, 0.717) is 0 Å². The first kappa shape index (κ1) is 9.16. The lowest BCUT2D eigenvalue weighted by molar-refractivity contribution is -0.139. The molecule has 0 aromatic rings. The van der Waals surface area contributed by atoms with Gasteiger partial charge in [0.05, 0.1) is 0 Å². The highest BCUT2D eigenvalue weighted by Gasteiger charge is 2.20. The van der Waals surface area contributed by atoms with Crippen molar-refractivity contribution in [2.75, 3.05) is 6.54 Å². The number of nitrogens with one attached hydrogen (secondary N) is 1. The maximum Gasteiger partial charge on any atom is 0.320 e. The Balaban J connectivity index is 0.000000640. The van der Waals surface area contributed by atoms with Crippen molar-refractivity contribution < 1.29 is 9.90 Å². The fraction of sp³-hybridized carbons (Fsp3) is 0.800. The lowest BCUT2D eigenvalue weighted by Gasteiger charge is -1.99. The van der Waals surface area contributed by atoms with Crippen molar-refractivity contribution in [3.63, 3.8) is 0 Å². The van der Waals surface area contributed by atoms with E-state index >= 15 is 0 Å². The highest BCUT2D eigenvalue weighted by Crippen LogP contribution is 2.03. The zero-order chi connectivity index (χ0) is 5.98. The molecule has 0 radical (unpaired) electrons. The molecule has 1 atom stereocenters. The SMILES string of the molecule is I.O=C(O)[C@@H]1CCCN1. The Labute approximate surface area is 70.8 Å². The first-order valence-electron chi connectivity index (χ1n) is 2.77. The van der Waals surface area contributed by atoms with Gasteiger partial charge < -0.3 is 10.4 Å². The smallest absolute Gasteiger partial charge is 0.320 e. The van der Waals surface area contributed by atoms with Crippen molar-refractivity contribution in [1.29, 1.82) is 0 Å². The van der Waals surface area contributed by atoms with Gasteiger partial charge in [-0.1, -0.05) is 0 Å². The maximum absolute atomic E-state index is 10.1. The van der Waals surface area contributed by atoms with Gasteiger partial charge in [-0.25, -0.2) is 0 Å². The summed E-state index contributed by atoms with van der Waals surface area (Å²) in [7, 11) is 0. The minimum Gasteiger partial charge on any atom is -0.480 e. The van der Waals surface area contributed by atoms with Crippen molar-refractivity contribution >= 4 is 29.9 Å². The first-order valence-corrected chi connectivity index (χ1v) is 2.77. The van der Waals surface area contributed by atoms with Gasteiger partial charge in [-0.3, -0.25) is 4.79 Å². The van der Waals surface area contributed by atoms with Gasteiger partial charge in [-0.05, 0) is 19.4 Å². The predicted molar refractivity (Wildman–Crippen MR) is 44.1 cm³/mol. The van der Waals surface area contributed by atoms with Gasteiger partial charge in [0.2, 0.25) is 0 Å². The van der Waals surface area contributed by atoms with Crippen molar-refractivity contribution in [3.8, 4) is 0 Å². The molecule has 0 saturated carbocycles. The van der Waals surface area contributed by atoms with Gasteiger partial charge in [-0.2, -0.15) is 0 Å². The molecule has 0 aliphatic carbocycles. The molecule has 4 heteroatoms. The number of halogens is 1. The van der Waals surface area contributed by atoms with E-state index in [-0.39, 0.29) is 30.0 Å². The van der Waals surface area contributed by atoms with Crippen molar-refractivity contribution in [2.24, 2.45) is 0 Å². The van der Waals surface area contributed by atoms with Crippen LogP contribution in [-0.2, 0) is 4.79 Å². The van der Waals surface area contributed by atoms with Crippen LogP contribution in [0.3, 0.4) is 0 Å². The Morgan fingerprint density at radius 3 is 2.56 bits per heavy atom. The Kier molecular flexibility index (Phi) is 4.12. The third-order valence-electron chi connectivity index (χ3n) is 1.36. The number of rotatable bonds is 1.